The highest BCUT2D eigenvalue weighted by molar-refractivity contribution is 14.1. The molecule has 2 saturated heterocycles. The minimum atomic E-state index is 0.0944. The van der Waals surface area contributed by atoms with Crippen molar-refractivity contribution in [2.45, 2.75) is 31.3 Å². The van der Waals surface area contributed by atoms with E-state index < -0.39 is 0 Å². The Hall–Kier alpha value is 0.610. The summed E-state index contributed by atoms with van der Waals surface area (Å²) in [6.07, 6.45) is 4.43. The Kier molecular flexibility index (Phi) is 5.32. The quantitative estimate of drug-likeness (QED) is 0.581. The van der Waals surface area contributed by atoms with Gasteiger partial charge in [0, 0.05) is 43.7 Å². The van der Waals surface area contributed by atoms with Crippen LogP contribution in [0.15, 0.2) is 0 Å². The van der Waals surface area contributed by atoms with E-state index in [1.165, 1.54) is 0 Å². The molecule has 0 radical (unpaired) electrons. The summed E-state index contributed by atoms with van der Waals surface area (Å²) in [5.41, 5.74) is 0.0944. The zero-order valence-electron chi connectivity index (χ0n) is 9.75. The highest BCUT2D eigenvalue weighted by atomic mass is 127. The van der Waals surface area contributed by atoms with Gasteiger partial charge in [-0.2, -0.15) is 0 Å². The molecule has 0 aliphatic carbocycles. The van der Waals surface area contributed by atoms with Crippen LogP contribution < -0.4 is 0 Å². The maximum Gasteiger partial charge on any atom is 0.0815 e. The molecule has 94 valence electrons. The highest BCUT2D eigenvalue weighted by Gasteiger charge is 2.33. The third-order valence-corrected chi connectivity index (χ3v) is 5.00. The second-order valence-electron chi connectivity index (χ2n) is 4.80. The van der Waals surface area contributed by atoms with Gasteiger partial charge in [-0.1, -0.05) is 22.6 Å². The van der Waals surface area contributed by atoms with E-state index in [0.717, 1.165) is 63.1 Å². The van der Waals surface area contributed by atoms with E-state index in [4.69, 9.17) is 14.2 Å². The summed E-state index contributed by atoms with van der Waals surface area (Å²) in [4.78, 5) is 0. The molecule has 4 heteroatoms. The smallest absolute Gasteiger partial charge is 0.0815 e. The van der Waals surface area contributed by atoms with Crippen molar-refractivity contribution in [3.8, 4) is 0 Å². The van der Waals surface area contributed by atoms with Crippen LogP contribution in [-0.4, -0.2) is 43.1 Å². The standard InChI is InChI=1S/C12H21IO3/c13-10-12(3-7-15-8-4-12)16-9-11-1-5-14-6-2-11/h11H,1-10H2. The molecule has 2 aliphatic rings. The minimum absolute atomic E-state index is 0.0944. The SMILES string of the molecule is ICC1(OCC2CCOCC2)CCOCC1. The number of ether oxygens (including phenoxy) is 3. The van der Waals surface area contributed by atoms with E-state index in [1.807, 2.05) is 0 Å². The van der Waals surface area contributed by atoms with Gasteiger partial charge in [0.1, 0.15) is 0 Å². The first kappa shape index (κ1) is 13.1. The number of halogens is 1. The largest absolute Gasteiger partial charge is 0.381 e. The molecule has 2 heterocycles. The van der Waals surface area contributed by atoms with E-state index in [9.17, 15) is 0 Å². The van der Waals surface area contributed by atoms with E-state index in [2.05, 4.69) is 22.6 Å². The van der Waals surface area contributed by atoms with Gasteiger partial charge in [-0.15, -0.1) is 0 Å². The van der Waals surface area contributed by atoms with E-state index in [1.54, 1.807) is 0 Å². The van der Waals surface area contributed by atoms with E-state index in [0.29, 0.717) is 5.92 Å². The minimum Gasteiger partial charge on any atom is -0.381 e. The molecule has 0 aromatic heterocycles. The van der Waals surface area contributed by atoms with Crippen LogP contribution in [0.4, 0.5) is 0 Å². The van der Waals surface area contributed by atoms with Crippen molar-refractivity contribution in [1.29, 1.82) is 0 Å². The van der Waals surface area contributed by atoms with Crippen molar-refractivity contribution in [1.82, 2.24) is 0 Å². The predicted octanol–water partition coefficient (Wildman–Crippen LogP) is 2.41. The van der Waals surface area contributed by atoms with Crippen LogP contribution in [0.2, 0.25) is 0 Å². The lowest BCUT2D eigenvalue weighted by Crippen LogP contribution is -2.42. The molecule has 0 atom stereocenters. The van der Waals surface area contributed by atoms with Crippen molar-refractivity contribution < 1.29 is 14.2 Å². The van der Waals surface area contributed by atoms with Crippen molar-refractivity contribution in [2.75, 3.05) is 37.5 Å². The summed E-state index contributed by atoms with van der Waals surface area (Å²) < 4.78 is 18.1. The van der Waals surface area contributed by atoms with Crippen LogP contribution in [0.25, 0.3) is 0 Å². The molecule has 0 amide bonds. The maximum absolute atomic E-state index is 6.22. The first-order chi connectivity index (χ1) is 7.85. The molecule has 2 aliphatic heterocycles. The molecule has 0 N–H and O–H groups in total. The van der Waals surface area contributed by atoms with Gasteiger partial charge in [0.05, 0.1) is 12.2 Å². The maximum atomic E-state index is 6.22. The van der Waals surface area contributed by atoms with Crippen molar-refractivity contribution in [3.05, 3.63) is 0 Å². The topological polar surface area (TPSA) is 27.7 Å². The van der Waals surface area contributed by atoms with Crippen LogP contribution >= 0.6 is 22.6 Å². The first-order valence-electron chi connectivity index (χ1n) is 6.20. The Labute approximate surface area is 111 Å². The van der Waals surface area contributed by atoms with Crippen molar-refractivity contribution >= 4 is 22.6 Å². The van der Waals surface area contributed by atoms with Gasteiger partial charge in [0.2, 0.25) is 0 Å². The van der Waals surface area contributed by atoms with Crippen LogP contribution in [-0.2, 0) is 14.2 Å². The average molecular weight is 340 g/mol. The van der Waals surface area contributed by atoms with Crippen LogP contribution in [0.1, 0.15) is 25.7 Å². The third-order valence-electron chi connectivity index (χ3n) is 3.61. The molecule has 0 spiro atoms. The Balaban J connectivity index is 1.77. The van der Waals surface area contributed by atoms with Crippen molar-refractivity contribution in [3.63, 3.8) is 0 Å². The summed E-state index contributed by atoms with van der Waals surface area (Å²) in [6, 6.07) is 0. The molecule has 0 aromatic rings. The van der Waals surface area contributed by atoms with Crippen LogP contribution in [0.5, 0.6) is 0 Å². The van der Waals surface area contributed by atoms with Gasteiger partial charge in [-0.3, -0.25) is 0 Å². The van der Waals surface area contributed by atoms with E-state index >= 15 is 0 Å². The lowest BCUT2D eigenvalue weighted by molar-refractivity contribution is -0.111. The molecule has 0 bridgehead atoms. The van der Waals surface area contributed by atoms with Crippen LogP contribution in [0.3, 0.4) is 0 Å². The molecule has 2 rings (SSSR count). The highest BCUT2D eigenvalue weighted by Crippen LogP contribution is 2.29. The summed E-state index contributed by atoms with van der Waals surface area (Å²) in [6.45, 7) is 4.45. The zero-order chi connectivity index (χ0) is 11.3. The molecule has 0 aromatic carbocycles. The monoisotopic (exact) mass is 340 g/mol. The summed E-state index contributed by atoms with van der Waals surface area (Å²) in [5, 5.41) is 0. The Morgan fingerprint density at radius 1 is 1.06 bits per heavy atom. The van der Waals surface area contributed by atoms with Gasteiger partial charge in [-0.05, 0) is 18.8 Å². The summed E-state index contributed by atoms with van der Waals surface area (Å²) in [7, 11) is 0. The molecule has 0 unspecified atom stereocenters. The second-order valence-corrected chi connectivity index (χ2v) is 5.56. The fraction of sp³-hybridized carbons (Fsp3) is 1.00. The molecule has 3 nitrogen and oxygen atoms in total. The van der Waals surface area contributed by atoms with Gasteiger partial charge in [0.25, 0.3) is 0 Å². The fourth-order valence-electron chi connectivity index (χ4n) is 2.27. The normalized spacial score (nSPS) is 26.8. The van der Waals surface area contributed by atoms with Gasteiger partial charge < -0.3 is 14.2 Å². The molecule has 0 saturated carbocycles. The Bertz CT molecular complexity index is 198. The number of rotatable bonds is 4. The number of hydrogen-bond acceptors (Lipinski definition) is 3. The lowest BCUT2D eigenvalue weighted by atomic mass is 9.95. The Morgan fingerprint density at radius 3 is 2.31 bits per heavy atom. The fourth-order valence-corrected chi connectivity index (χ4v) is 3.25. The number of hydrogen-bond donors (Lipinski definition) is 0. The average Bonchev–Trinajstić information content (AvgIpc) is 2.39. The summed E-state index contributed by atoms with van der Waals surface area (Å²) in [5.74, 6) is 0.705. The molecular weight excluding hydrogens is 319 g/mol. The molecule has 2 fully saturated rings. The zero-order valence-corrected chi connectivity index (χ0v) is 11.9. The van der Waals surface area contributed by atoms with Crippen LogP contribution in [0, 0.1) is 5.92 Å². The molecule has 16 heavy (non-hydrogen) atoms. The Morgan fingerprint density at radius 2 is 1.69 bits per heavy atom. The summed E-state index contributed by atoms with van der Waals surface area (Å²) >= 11 is 2.45. The number of alkyl halides is 1. The molecular formula is C12H21IO3. The van der Waals surface area contributed by atoms with Crippen molar-refractivity contribution in [2.24, 2.45) is 5.92 Å². The third kappa shape index (κ3) is 3.55. The lowest BCUT2D eigenvalue weighted by Gasteiger charge is -2.37. The second kappa shape index (κ2) is 6.52. The van der Waals surface area contributed by atoms with Gasteiger partial charge in [-0.25, -0.2) is 0 Å². The van der Waals surface area contributed by atoms with Gasteiger partial charge >= 0.3 is 0 Å². The van der Waals surface area contributed by atoms with Gasteiger partial charge in [0.15, 0.2) is 0 Å². The van der Waals surface area contributed by atoms with E-state index in [-0.39, 0.29) is 5.60 Å². The predicted molar refractivity (Wildman–Crippen MR) is 71.2 cm³/mol. The first-order valence-corrected chi connectivity index (χ1v) is 7.73.